The number of aliphatic hydroxyl groups excluding tert-OH is 1. The van der Waals surface area contributed by atoms with Crippen molar-refractivity contribution in [3.63, 3.8) is 0 Å². The van der Waals surface area contributed by atoms with E-state index in [-0.39, 0.29) is 55.4 Å². The first-order chi connectivity index (χ1) is 40.2. The predicted molar refractivity (Wildman–Crippen MR) is 312 cm³/mol. The number of aliphatic imine (C=N–C) groups is 1. The van der Waals surface area contributed by atoms with Crippen LogP contribution >= 0.6 is 0 Å². The number of Topliss-reactive ketones (excluding diaryl/α,β-unsaturated/α-hetero) is 4. The number of guanidine groups is 1. The molecular formula is C59H79FN12O13. The van der Waals surface area contributed by atoms with Gasteiger partial charge in [-0.15, -0.1) is 0 Å². The van der Waals surface area contributed by atoms with E-state index in [1.165, 1.54) is 44.3 Å². The minimum absolute atomic E-state index is 0.0178. The van der Waals surface area contributed by atoms with Gasteiger partial charge in [-0.1, -0.05) is 62.4 Å². The van der Waals surface area contributed by atoms with E-state index in [1.807, 2.05) is 24.3 Å². The Labute approximate surface area is 491 Å². The van der Waals surface area contributed by atoms with Gasteiger partial charge in [-0.2, -0.15) is 0 Å². The zero-order valence-electron chi connectivity index (χ0n) is 48.3. The van der Waals surface area contributed by atoms with Gasteiger partial charge in [-0.25, -0.2) is 9.18 Å². The lowest BCUT2D eigenvalue weighted by molar-refractivity contribution is -0.137. The van der Waals surface area contributed by atoms with Crippen LogP contribution in [0.4, 0.5) is 9.18 Å². The first-order valence-electron chi connectivity index (χ1n) is 27.8. The number of phenolic OH excluding ortho intramolecular Hbond substituents is 1. The minimum atomic E-state index is -1.65. The van der Waals surface area contributed by atoms with Gasteiger partial charge in [-0.05, 0) is 79.5 Å². The van der Waals surface area contributed by atoms with Crippen LogP contribution in [-0.2, 0) is 67.2 Å². The van der Waals surface area contributed by atoms with Crippen molar-refractivity contribution in [1.29, 1.82) is 0 Å². The molecule has 0 bridgehead atoms. The lowest BCUT2D eigenvalue weighted by atomic mass is 9.90. The number of halogens is 1. The molecule has 85 heavy (non-hydrogen) atoms. The maximum Gasteiger partial charge on any atom is 0.315 e. The molecule has 0 spiro atoms. The molecule has 4 rings (SSSR count). The Kier molecular flexibility index (Phi) is 27.3. The Morgan fingerprint density at radius 1 is 0.647 bits per heavy atom. The van der Waals surface area contributed by atoms with Gasteiger partial charge in [0.25, 0.3) is 0 Å². The summed E-state index contributed by atoms with van der Waals surface area (Å²) in [5.41, 5.74) is 19.1. The van der Waals surface area contributed by atoms with Gasteiger partial charge in [0.15, 0.2) is 29.1 Å². The van der Waals surface area contributed by atoms with Crippen molar-refractivity contribution in [2.24, 2.45) is 39.9 Å². The fraction of sp³-hybridized carbons (Fsp3) is 0.458. The number of H-pyrrole nitrogens is 1. The zero-order chi connectivity index (χ0) is 62.9. The van der Waals surface area contributed by atoms with Gasteiger partial charge >= 0.3 is 6.03 Å². The van der Waals surface area contributed by atoms with E-state index in [9.17, 15) is 63.0 Å². The number of urea groups is 1. The molecule has 8 amide bonds. The number of aliphatic hydroxyl groups is 1. The highest BCUT2D eigenvalue weighted by molar-refractivity contribution is 5.99. The van der Waals surface area contributed by atoms with E-state index in [1.54, 1.807) is 32.2 Å². The summed E-state index contributed by atoms with van der Waals surface area (Å²) in [6.45, 7) is 5.41. The third-order valence-electron chi connectivity index (χ3n) is 14.0. The monoisotopic (exact) mass is 1180 g/mol. The number of hydrogen-bond donors (Lipinski definition) is 13. The Balaban J connectivity index is 1.47. The summed E-state index contributed by atoms with van der Waals surface area (Å²) >= 11 is 0. The topological polar surface area (TPSA) is 419 Å². The van der Waals surface area contributed by atoms with Gasteiger partial charge < -0.3 is 69.6 Å². The van der Waals surface area contributed by atoms with Crippen LogP contribution in [0.3, 0.4) is 0 Å². The average Bonchev–Trinajstić information content (AvgIpc) is 3.91. The number of carbonyl (C=O) groups excluding carboxylic acids is 11. The number of primary amides is 2. The largest absolute Gasteiger partial charge is 0.508 e. The first-order valence-corrected chi connectivity index (χ1v) is 27.8. The molecule has 0 radical (unpaired) electrons. The van der Waals surface area contributed by atoms with Crippen LogP contribution in [0.25, 0.3) is 10.9 Å². The molecule has 0 fully saturated rings. The van der Waals surface area contributed by atoms with Gasteiger partial charge in [-0.3, -0.25) is 52.9 Å². The van der Waals surface area contributed by atoms with E-state index in [0.717, 1.165) is 29.5 Å². The number of aromatic hydroxyl groups is 1. The summed E-state index contributed by atoms with van der Waals surface area (Å²) in [5, 5.41) is 39.2. The van der Waals surface area contributed by atoms with E-state index in [2.05, 4.69) is 47.2 Å². The lowest BCUT2D eigenvalue weighted by Gasteiger charge is -2.26. The second-order valence-electron chi connectivity index (χ2n) is 21.3. The van der Waals surface area contributed by atoms with Crippen LogP contribution in [0, 0.1) is 23.6 Å². The summed E-state index contributed by atoms with van der Waals surface area (Å²) in [4.78, 5) is 154. The van der Waals surface area contributed by atoms with Crippen molar-refractivity contribution >= 4 is 81.5 Å². The number of para-hydroxylation sites is 1. The molecule has 8 atom stereocenters. The third-order valence-corrected chi connectivity index (χ3v) is 14.0. The number of rotatable bonds is 36. The second-order valence-corrected chi connectivity index (χ2v) is 21.3. The van der Waals surface area contributed by atoms with Crippen molar-refractivity contribution in [2.45, 2.75) is 135 Å². The molecule has 460 valence electrons. The van der Waals surface area contributed by atoms with Crippen LogP contribution in [0.1, 0.15) is 95.8 Å². The molecule has 0 aliphatic carbocycles. The predicted octanol–water partition coefficient (Wildman–Crippen LogP) is 0.839. The number of nitrogens with two attached hydrogens (primary N) is 3. The number of nitrogens with zero attached hydrogens (tertiary/aromatic N) is 1. The fourth-order valence-electron chi connectivity index (χ4n) is 9.36. The third kappa shape index (κ3) is 23.2. The normalized spacial score (nSPS) is 14.2. The van der Waals surface area contributed by atoms with Gasteiger partial charge in [0.1, 0.15) is 17.6 Å². The summed E-state index contributed by atoms with van der Waals surface area (Å²) < 4.78 is 15.1. The van der Waals surface area contributed by atoms with Gasteiger partial charge in [0.05, 0.1) is 49.2 Å². The van der Waals surface area contributed by atoms with E-state index in [0.29, 0.717) is 12.0 Å². The summed E-state index contributed by atoms with van der Waals surface area (Å²) in [6, 6.07) is 10.9. The molecule has 1 heterocycles. The number of aromatic amines is 1. The molecule has 3 aromatic carbocycles. The molecule has 0 unspecified atom stereocenters. The first kappa shape index (κ1) is 68.4. The van der Waals surface area contributed by atoms with E-state index >= 15 is 4.39 Å². The molecule has 4 aromatic rings. The van der Waals surface area contributed by atoms with Crippen molar-refractivity contribution in [2.75, 3.05) is 20.1 Å². The number of ketones is 4. The SMILES string of the molecule is CN=C(N)NCCC[C@H](CC(=O)[C@H](CC(C)C)NC(=O)NCC(=O)[C@H](Cc1ccccc1F)NC(=O)[C@@H](CC(=O)[C@H](CC(N)=O)NC(=O)CCC(=O)[C@@H](Cc1ccc(O)cc1)NC(C)=O)[C@@H](C)O)C(=O)N[C@@H](Cc1c[nH]c2ccccc12)C(N)=O. The highest BCUT2D eigenvalue weighted by atomic mass is 19.1. The molecule has 25 nitrogen and oxygen atoms in total. The minimum Gasteiger partial charge on any atom is -0.508 e. The van der Waals surface area contributed by atoms with Crippen LogP contribution < -0.4 is 54.4 Å². The van der Waals surface area contributed by atoms with Crippen LogP contribution in [0.2, 0.25) is 0 Å². The highest BCUT2D eigenvalue weighted by Crippen LogP contribution is 2.22. The Hall–Kier alpha value is -9.07. The van der Waals surface area contributed by atoms with Crippen molar-refractivity contribution in [3.8, 4) is 5.75 Å². The standard InChI is InChI=1S/C59H79FN12O13/c1-32(2)23-44(50(77)27-37(12-10-22-65-58(63)64-5)56(83)71-48(55(62)82)26-38-30-66-43-15-9-7-13-40(38)43)72-59(85)67-31-52(79)46(25-36-11-6-8-14-42(36)60)70-57(84)41(33(3)73)28-51(78)47(29-53(61)80)69-54(81)21-20-49(76)45(68-34(4)74)24-35-16-18-39(75)19-17-35/h6-9,11,13-19,30,32-33,37,41,44-48,66,73,75H,10,12,20-29,31H2,1-5H3,(H2,61,80)(H2,62,82)(H,68,74)(H,69,81)(H,70,84)(H,71,83)(H3,63,64,65)(H2,67,72,85)/t33-,37-,41+,44+,45-,46+,47+,48+/m1/s1. The molecule has 0 aliphatic rings. The molecule has 0 aliphatic heterocycles. The second kappa shape index (κ2) is 33.9. The summed E-state index contributed by atoms with van der Waals surface area (Å²) in [7, 11) is 1.49. The lowest BCUT2D eigenvalue weighted by Crippen LogP contribution is -2.53. The number of amides is 8. The number of benzene rings is 3. The number of phenols is 1. The number of aromatic nitrogens is 1. The number of nitrogens with one attached hydrogen (secondary N) is 8. The van der Waals surface area contributed by atoms with Gasteiger partial charge in [0, 0.05) is 82.1 Å². The Morgan fingerprint density at radius 3 is 1.92 bits per heavy atom. The number of fused-ring (bicyclic) bond motifs is 1. The van der Waals surface area contributed by atoms with Crippen molar-refractivity contribution in [1.82, 2.24) is 42.2 Å². The molecule has 0 saturated carbocycles. The molecule has 16 N–H and O–H groups in total. The quantitative estimate of drug-likeness (QED) is 0.0171. The maximum absolute atomic E-state index is 15.1. The van der Waals surface area contributed by atoms with Crippen molar-refractivity contribution in [3.05, 3.63) is 102 Å². The van der Waals surface area contributed by atoms with Crippen LogP contribution in [0.15, 0.2) is 84.0 Å². The van der Waals surface area contributed by atoms with E-state index < -0.39 is 164 Å². The van der Waals surface area contributed by atoms with Crippen LogP contribution in [-0.4, -0.2) is 142 Å². The van der Waals surface area contributed by atoms with Crippen LogP contribution in [0.5, 0.6) is 5.75 Å². The average molecular weight is 1180 g/mol. The molecular weight excluding hydrogens is 1100 g/mol. The smallest absolute Gasteiger partial charge is 0.315 e. The highest BCUT2D eigenvalue weighted by Gasteiger charge is 2.35. The molecule has 26 heteroatoms. The van der Waals surface area contributed by atoms with Gasteiger partial charge in [0.2, 0.25) is 35.4 Å². The summed E-state index contributed by atoms with van der Waals surface area (Å²) in [5.74, 6) is -11.4. The number of hydrogen-bond acceptors (Lipinski definition) is 14. The Bertz CT molecular complexity index is 3040. The Morgan fingerprint density at radius 2 is 1.28 bits per heavy atom. The zero-order valence-corrected chi connectivity index (χ0v) is 48.3. The summed E-state index contributed by atoms with van der Waals surface area (Å²) in [6.07, 6.45) is -2.69. The van der Waals surface area contributed by atoms with Crippen molar-refractivity contribution < 1.29 is 67.3 Å². The fourth-order valence-corrected chi connectivity index (χ4v) is 9.36. The van der Waals surface area contributed by atoms with E-state index in [4.69, 9.17) is 17.2 Å². The molecule has 1 aromatic heterocycles. The maximum atomic E-state index is 15.1. The number of carbonyl (C=O) groups is 11. The molecule has 0 saturated heterocycles.